The van der Waals surface area contributed by atoms with Crippen LogP contribution >= 0.6 is 12.4 Å². The van der Waals surface area contributed by atoms with Crippen LogP contribution in [0.4, 0.5) is 0 Å². The summed E-state index contributed by atoms with van der Waals surface area (Å²) in [6.07, 6.45) is 5.12. The minimum atomic E-state index is -0.567. The van der Waals surface area contributed by atoms with Crippen molar-refractivity contribution in [2.45, 2.75) is 51.6 Å². The highest BCUT2D eigenvalue weighted by atomic mass is 35.5. The van der Waals surface area contributed by atoms with Crippen molar-refractivity contribution < 1.29 is 9.53 Å². The maximum absolute atomic E-state index is 12.9. The van der Waals surface area contributed by atoms with E-state index in [0.717, 1.165) is 63.7 Å². The molecule has 5 heteroatoms. The second-order valence-corrected chi connectivity index (χ2v) is 6.68. The topological polar surface area (TPSA) is 41.6 Å². The normalized spacial score (nSPS) is 26.1. The zero-order valence-corrected chi connectivity index (χ0v) is 14.5. The fourth-order valence-electron chi connectivity index (χ4n) is 3.62. The van der Waals surface area contributed by atoms with Gasteiger partial charge in [0.25, 0.3) is 5.91 Å². The Balaban J connectivity index is 0.00000220. The Bertz CT molecular complexity index is 330. The number of carbonyl (C=O) groups is 1. The maximum Gasteiger partial charge on any atom is 0.254 e. The van der Waals surface area contributed by atoms with Crippen LogP contribution in [0.25, 0.3) is 0 Å². The van der Waals surface area contributed by atoms with Gasteiger partial charge in [-0.25, -0.2) is 0 Å². The van der Waals surface area contributed by atoms with E-state index in [0.29, 0.717) is 0 Å². The van der Waals surface area contributed by atoms with Crippen molar-refractivity contribution in [3.8, 4) is 0 Å². The fraction of sp³-hybridized carbons (Fsp3) is 0.938. The Morgan fingerprint density at radius 3 is 2.48 bits per heavy atom. The third-order valence-corrected chi connectivity index (χ3v) is 5.19. The van der Waals surface area contributed by atoms with E-state index in [1.54, 1.807) is 7.11 Å². The Hall–Kier alpha value is -0.320. The highest BCUT2D eigenvalue weighted by Crippen LogP contribution is 2.29. The molecule has 1 amide bonds. The highest BCUT2D eigenvalue weighted by Gasteiger charge is 2.42. The van der Waals surface area contributed by atoms with E-state index >= 15 is 0 Å². The number of nitrogens with one attached hydrogen (secondary N) is 1. The van der Waals surface area contributed by atoms with Crippen molar-refractivity contribution in [2.24, 2.45) is 11.8 Å². The van der Waals surface area contributed by atoms with Crippen LogP contribution in [0.15, 0.2) is 0 Å². The van der Waals surface area contributed by atoms with E-state index in [9.17, 15) is 4.79 Å². The molecule has 2 saturated heterocycles. The molecule has 1 unspecified atom stereocenters. The number of likely N-dealkylation sites (tertiary alicyclic amines) is 1. The molecule has 21 heavy (non-hydrogen) atoms. The molecule has 0 radical (unpaired) electrons. The number of rotatable bonds is 3. The molecule has 124 valence electrons. The van der Waals surface area contributed by atoms with Crippen LogP contribution < -0.4 is 5.32 Å². The Labute approximate surface area is 135 Å². The number of halogens is 1. The van der Waals surface area contributed by atoms with Crippen molar-refractivity contribution in [3.63, 3.8) is 0 Å². The molecule has 0 saturated carbocycles. The van der Waals surface area contributed by atoms with Gasteiger partial charge in [-0.3, -0.25) is 4.79 Å². The molecule has 0 bridgehead atoms. The number of methoxy groups -OCH3 is 1. The van der Waals surface area contributed by atoms with Crippen LogP contribution in [-0.2, 0) is 9.53 Å². The summed E-state index contributed by atoms with van der Waals surface area (Å²) in [5.41, 5.74) is -0.567. The van der Waals surface area contributed by atoms with Gasteiger partial charge in [0, 0.05) is 20.2 Å². The summed E-state index contributed by atoms with van der Waals surface area (Å²) in [7, 11) is 1.69. The molecule has 4 nitrogen and oxygen atoms in total. The Morgan fingerprint density at radius 2 is 1.90 bits per heavy atom. The Morgan fingerprint density at radius 1 is 1.24 bits per heavy atom. The van der Waals surface area contributed by atoms with Crippen LogP contribution in [0.2, 0.25) is 0 Å². The van der Waals surface area contributed by atoms with E-state index < -0.39 is 5.60 Å². The van der Waals surface area contributed by atoms with E-state index in [1.165, 1.54) is 6.42 Å². The average molecular weight is 319 g/mol. The lowest BCUT2D eigenvalue weighted by Gasteiger charge is -2.38. The van der Waals surface area contributed by atoms with Gasteiger partial charge in [0.1, 0.15) is 5.60 Å². The SMILES string of the molecule is COC1(C(=O)N2CCCC(C(C)C)CC2)CCNCC1.Cl. The quantitative estimate of drug-likeness (QED) is 0.869. The lowest BCUT2D eigenvalue weighted by Crippen LogP contribution is -2.55. The van der Waals surface area contributed by atoms with Crippen LogP contribution in [0, 0.1) is 11.8 Å². The monoisotopic (exact) mass is 318 g/mol. The summed E-state index contributed by atoms with van der Waals surface area (Å²) >= 11 is 0. The second-order valence-electron chi connectivity index (χ2n) is 6.68. The van der Waals surface area contributed by atoms with Crippen molar-refractivity contribution in [3.05, 3.63) is 0 Å². The molecular formula is C16H31ClN2O2. The van der Waals surface area contributed by atoms with Crippen LogP contribution in [0.5, 0.6) is 0 Å². The van der Waals surface area contributed by atoms with E-state index in [1.807, 2.05) is 0 Å². The first-order chi connectivity index (χ1) is 9.59. The first-order valence-corrected chi connectivity index (χ1v) is 8.14. The first kappa shape index (κ1) is 18.7. The van der Waals surface area contributed by atoms with Gasteiger partial charge in [0.2, 0.25) is 0 Å². The van der Waals surface area contributed by atoms with Crippen molar-refractivity contribution in [1.29, 1.82) is 0 Å². The summed E-state index contributed by atoms with van der Waals surface area (Å²) < 4.78 is 5.68. The lowest BCUT2D eigenvalue weighted by atomic mass is 9.89. The molecule has 0 aromatic carbocycles. The van der Waals surface area contributed by atoms with E-state index in [4.69, 9.17) is 4.74 Å². The number of hydrogen-bond donors (Lipinski definition) is 1. The molecule has 0 aromatic heterocycles. The zero-order valence-electron chi connectivity index (χ0n) is 13.7. The number of amides is 1. The second kappa shape index (κ2) is 8.35. The number of nitrogens with zero attached hydrogens (tertiary/aromatic N) is 1. The summed E-state index contributed by atoms with van der Waals surface area (Å²) in [6, 6.07) is 0. The smallest absolute Gasteiger partial charge is 0.254 e. The van der Waals surface area contributed by atoms with Gasteiger partial charge in [0.15, 0.2) is 0 Å². The van der Waals surface area contributed by atoms with Gasteiger partial charge in [-0.2, -0.15) is 0 Å². The van der Waals surface area contributed by atoms with Gasteiger partial charge in [-0.1, -0.05) is 13.8 Å². The molecule has 1 N–H and O–H groups in total. The lowest BCUT2D eigenvalue weighted by molar-refractivity contribution is -0.158. The molecule has 0 spiro atoms. The predicted octanol–water partition coefficient (Wildman–Crippen LogP) is 2.46. The predicted molar refractivity (Wildman–Crippen MR) is 87.9 cm³/mol. The summed E-state index contributed by atoms with van der Waals surface area (Å²) in [5, 5.41) is 3.32. The minimum absolute atomic E-state index is 0. The van der Waals surface area contributed by atoms with Crippen molar-refractivity contribution in [1.82, 2.24) is 10.2 Å². The molecule has 2 heterocycles. The largest absolute Gasteiger partial charge is 0.368 e. The number of piperidine rings is 1. The molecule has 2 rings (SSSR count). The fourth-order valence-corrected chi connectivity index (χ4v) is 3.62. The molecule has 1 atom stereocenters. The molecule has 2 fully saturated rings. The molecule has 0 aliphatic carbocycles. The van der Waals surface area contributed by atoms with Gasteiger partial charge >= 0.3 is 0 Å². The summed E-state index contributed by atoms with van der Waals surface area (Å²) in [6.45, 7) is 8.15. The van der Waals surface area contributed by atoms with Gasteiger partial charge in [-0.05, 0) is 57.0 Å². The first-order valence-electron chi connectivity index (χ1n) is 8.14. The van der Waals surface area contributed by atoms with Gasteiger partial charge < -0.3 is 15.0 Å². The van der Waals surface area contributed by atoms with Crippen LogP contribution in [-0.4, -0.2) is 49.7 Å². The molecular weight excluding hydrogens is 288 g/mol. The van der Waals surface area contributed by atoms with Crippen LogP contribution in [0.1, 0.15) is 46.0 Å². The van der Waals surface area contributed by atoms with Crippen LogP contribution in [0.3, 0.4) is 0 Å². The maximum atomic E-state index is 12.9. The third kappa shape index (κ3) is 4.33. The number of hydrogen-bond acceptors (Lipinski definition) is 3. The molecule has 2 aliphatic rings. The number of ether oxygens (including phenoxy) is 1. The zero-order chi connectivity index (χ0) is 14.6. The number of carbonyl (C=O) groups excluding carboxylic acids is 1. The van der Waals surface area contributed by atoms with E-state index in [-0.39, 0.29) is 18.3 Å². The van der Waals surface area contributed by atoms with Crippen molar-refractivity contribution >= 4 is 18.3 Å². The molecule has 2 aliphatic heterocycles. The van der Waals surface area contributed by atoms with Gasteiger partial charge in [-0.15, -0.1) is 12.4 Å². The van der Waals surface area contributed by atoms with Gasteiger partial charge in [0.05, 0.1) is 0 Å². The molecule has 0 aromatic rings. The third-order valence-electron chi connectivity index (χ3n) is 5.19. The minimum Gasteiger partial charge on any atom is -0.368 e. The van der Waals surface area contributed by atoms with Crippen molar-refractivity contribution in [2.75, 3.05) is 33.3 Å². The summed E-state index contributed by atoms with van der Waals surface area (Å²) in [5.74, 6) is 1.71. The summed E-state index contributed by atoms with van der Waals surface area (Å²) in [4.78, 5) is 15.0. The highest BCUT2D eigenvalue weighted by molar-refractivity contribution is 5.85. The standard InChI is InChI=1S/C16H30N2O2.ClH/c1-13(2)14-5-4-11-18(12-6-14)15(19)16(20-3)7-9-17-10-8-16;/h13-14,17H,4-12H2,1-3H3;1H. The average Bonchev–Trinajstić information content (AvgIpc) is 2.73. The Kier molecular flexibility index (Phi) is 7.45. The van der Waals surface area contributed by atoms with E-state index in [2.05, 4.69) is 24.1 Å².